The lowest BCUT2D eigenvalue weighted by Crippen LogP contribution is -2.46. The van der Waals surface area contributed by atoms with Gasteiger partial charge in [0.25, 0.3) is 11.6 Å². The third-order valence-electron chi connectivity index (χ3n) is 5.69. The van der Waals surface area contributed by atoms with E-state index in [1.165, 1.54) is 11.6 Å². The van der Waals surface area contributed by atoms with Crippen molar-refractivity contribution in [3.8, 4) is 0 Å². The van der Waals surface area contributed by atoms with E-state index in [2.05, 4.69) is 39.4 Å². The Morgan fingerprint density at radius 1 is 1.03 bits per heavy atom. The van der Waals surface area contributed by atoms with E-state index >= 15 is 0 Å². The molecular formula is C23H30N4O5S. The highest BCUT2D eigenvalue weighted by Crippen LogP contribution is 2.21. The number of nitrogens with one attached hydrogen (secondary N) is 1. The summed E-state index contributed by atoms with van der Waals surface area (Å²) in [5, 5.41) is 13.8. The number of hydrogen-bond donors (Lipinski definition) is 1. The molecule has 2 aromatic rings. The zero-order valence-electron chi connectivity index (χ0n) is 18.8. The van der Waals surface area contributed by atoms with Crippen LogP contribution in [-0.4, -0.2) is 74.6 Å². The van der Waals surface area contributed by atoms with E-state index in [4.69, 9.17) is 0 Å². The molecule has 0 unspecified atom stereocenters. The van der Waals surface area contributed by atoms with Crippen molar-refractivity contribution in [1.29, 1.82) is 0 Å². The first-order valence-electron chi connectivity index (χ1n) is 11.0. The van der Waals surface area contributed by atoms with Crippen molar-refractivity contribution in [3.05, 3.63) is 69.8 Å². The Bertz CT molecular complexity index is 1070. The first-order valence-corrected chi connectivity index (χ1v) is 12.9. The Labute approximate surface area is 194 Å². The van der Waals surface area contributed by atoms with Crippen molar-refractivity contribution >= 4 is 21.4 Å². The van der Waals surface area contributed by atoms with Gasteiger partial charge in [0.05, 0.1) is 9.82 Å². The molecule has 0 aromatic heterocycles. The second-order valence-corrected chi connectivity index (χ2v) is 10.3. The number of carbonyl (C=O) groups is 1. The highest BCUT2D eigenvalue weighted by Gasteiger charge is 2.19. The molecule has 1 aliphatic heterocycles. The van der Waals surface area contributed by atoms with E-state index in [0.717, 1.165) is 70.5 Å². The van der Waals surface area contributed by atoms with Gasteiger partial charge in [-0.1, -0.05) is 30.3 Å². The third-order valence-corrected chi connectivity index (χ3v) is 6.79. The van der Waals surface area contributed by atoms with Crippen LogP contribution in [0.1, 0.15) is 28.8 Å². The number of non-ortho nitro benzene ring substituents is 1. The van der Waals surface area contributed by atoms with E-state index in [1.54, 1.807) is 0 Å². The topological polar surface area (TPSA) is 113 Å². The van der Waals surface area contributed by atoms with Crippen molar-refractivity contribution in [1.82, 2.24) is 15.1 Å². The standard InChI is InChI=1S/C23H30N4O5S/c1-33(31,32)22-16-20(15-21(17-22)27(29)30)23(28)24-9-5-6-10-25-11-13-26(14-12-25)18-19-7-3-2-4-8-19/h2-4,7-8,15-17H,5-6,9-14,18H2,1H3,(H,24,28). The fourth-order valence-corrected chi connectivity index (χ4v) is 4.49. The van der Waals surface area contributed by atoms with E-state index in [1.807, 2.05) is 6.07 Å². The first-order chi connectivity index (χ1) is 15.7. The van der Waals surface area contributed by atoms with Crippen LogP contribution in [-0.2, 0) is 16.4 Å². The molecule has 178 valence electrons. The number of nitro benzene ring substituents is 1. The Kier molecular flexibility index (Phi) is 8.54. The molecule has 0 radical (unpaired) electrons. The van der Waals surface area contributed by atoms with Crippen LogP contribution in [0.25, 0.3) is 0 Å². The minimum Gasteiger partial charge on any atom is -0.352 e. The Balaban J connectivity index is 1.39. The molecule has 0 bridgehead atoms. The summed E-state index contributed by atoms with van der Waals surface area (Å²) in [6.45, 7) is 6.43. The normalized spacial score (nSPS) is 15.3. The zero-order chi connectivity index (χ0) is 23.8. The van der Waals surface area contributed by atoms with Crippen LogP contribution >= 0.6 is 0 Å². The quantitative estimate of drug-likeness (QED) is 0.319. The molecule has 0 aliphatic carbocycles. The number of nitrogens with zero attached hydrogens (tertiary/aromatic N) is 3. The Hall–Kier alpha value is -2.82. The number of piperazine rings is 1. The van der Waals surface area contributed by atoms with Crippen molar-refractivity contribution in [2.24, 2.45) is 0 Å². The zero-order valence-corrected chi connectivity index (χ0v) is 19.6. The first kappa shape index (κ1) is 24.8. The minimum atomic E-state index is -3.67. The summed E-state index contributed by atoms with van der Waals surface area (Å²) >= 11 is 0. The van der Waals surface area contributed by atoms with E-state index < -0.39 is 26.4 Å². The van der Waals surface area contributed by atoms with Gasteiger partial charge >= 0.3 is 0 Å². The molecule has 1 heterocycles. The van der Waals surface area contributed by atoms with Gasteiger partial charge in [-0.25, -0.2) is 8.42 Å². The maximum Gasteiger partial charge on any atom is 0.271 e. The lowest BCUT2D eigenvalue weighted by atomic mass is 10.2. The van der Waals surface area contributed by atoms with Crippen molar-refractivity contribution in [3.63, 3.8) is 0 Å². The second-order valence-electron chi connectivity index (χ2n) is 8.31. The summed E-state index contributed by atoms with van der Waals surface area (Å²) in [5.41, 5.74) is 0.878. The molecule has 0 saturated carbocycles. The number of amides is 1. The van der Waals surface area contributed by atoms with Crippen molar-refractivity contribution in [2.75, 3.05) is 45.5 Å². The van der Waals surface area contributed by atoms with Crippen LogP contribution in [0.5, 0.6) is 0 Å². The Morgan fingerprint density at radius 3 is 2.33 bits per heavy atom. The van der Waals surface area contributed by atoms with Gasteiger partial charge in [0.15, 0.2) is 9.84 Å². The van der Waals surface area contributed by atoms with E-state index in [-0.39, 0.29) is 10.5 Å². The lowest BCUT2D eigenvalue weighted by Gasteiger charge is -2.34. The molecule has 1 amide bonds. The van der Waals surface area contributed by atoms with Gasteiger partial charge in [0, 0.05) is 63.2 Å². The molecule has 0 spiro atoms. The summed E-state index contributed by atoms with van der Waals surface area (Å²) in [7, 11) is -3.67. The monoisotopic (exact) mass is 474 g/mol. The number of hydrogen-bond acceptors (Lipinski definition) is 7. The Morgan fingerprint density at radius 2 is 1.70 bits per heavy atom. The summed E-state index contributed by atoms with van der Waals surface area (Å²) < 4.78 is 23.6. The number of nitro groups is 1. The highest BCUT2D eigenvalue weighted by atomic mass is 32.2. The average molecular weight is 475 g/mol. The SMILES string of the molecule is CS(=O)(=O)c1cc(C(=O)NCCCCN2CCN(Cc3ccccc3)CC2)cc([N+](=O)[O-])c1. The predicted octanol–water partition coefficient (Wildman–Crippen LogP) is 2.33. The third kappa shape index (κ3) is 7.62. The largest absolute Gasteiger partial charge is 0.352 e. The van der Waals surface area contributed by atoms with Gasteiger partial charge in [-0.05, 0) is 31.0 Å². The minimum absolute atomic E-state index is 0.0286. The van der Waals surface area contributed by atoms with Crippen LogP contribution < -0.4 is 5.32 Å². The molecule has 2 aromatic carbocycles. The molecule has 1 fully saturated rings. The van der Waals surface area contributed by atoms with Gasteiger partial charge in [-0.15, -0.1) is 0 Å². The molecule has 33 heavy (non-hydrogen) atoms. The number of rotatable bonds is 10. The number of benzene rings is 2. The maximum absolute atomic E-state index is 12.4. The van der Waals surface area contributed by atoms with Crippen LogP contribution in [0, 0.1) is 10.1 Å². The fraction of sp³-hybridized carbons (Fsp3) is 0.435. The highest BCUT2D eigenvalue weighted by molar-refractivity contribution is 7.90. The fourth-order valence-electron chi connectivity index (χ4n) is 3.81. The average Bonchev–Trinajstić information content (AvgIpc) is 2.79. The van der Waals surface area contributed by atoms with Crippen molar-refractivity contribution in [2.45, 2.75) is 24.3 Å². The van der Waals surface area contributed by atoms with Crippen molar-refractivity contribution < 1.29 is 18.1 Å². The summed E-state index contributed by atoms with van der Waals surface area (Å²) in [6.07, 6.45) is 2.64. The van der Waals surface area contributed by atoms with Gasteiger partial charge in [-0.3, -0.25) is 19.8 Å². The number of unbranched alkanes of at least 4 members (excludes halogenated alkanes) is 1. The molecular weight excluding hydrogens is 444 g/mol. The van der Waals surface area contributed by atoms with Crippen LogP contribution in [0.4, 0.5) is 5.69 Å². The van der Waals surface area contributed by atoms with Gasteiger partial charge in [0.1, 0.15) is 0 Å². The van der Waals surface area contributed by atoms with Gasteiger partial charge in [0.2, 0.25) is 0 Å². The van der Waals surface area contributed by atoms with Gasteiger partial charge in [-0.2, -0.15) is 0 Å². The predicted molar refractivity (Wildman–Crippen MR) is 126 cm³/mol. The number of sulfone groups is 1. The van der Waals surface area contributed by atoms with Gasteiger partial charge < -0.3 is 10.2 Å². The van der Waals surface area contributed by atoms with Crippen LogP contribution in [0.2, 0.25) is 0 Å². The smallest absolute Gasteiger partial charge is 0.271 e. The lowest BCUT2D eigenvalue weighted by molar-refractivity contribution is -0.385. The molecule has 10 heteroatoms. The second kappa shape index (κ2) is 11.4. The van der Waals surface area contributed by atoms with E-state index in [0.29, 0.717) is 6.54 Å². The molecule has 1 saturated heterocycles. The van der Waals surface area contributed by atoms with Crippen LogP contribution in [0.15, 0.2) is 53.4 Å². The molecule has 0 atom stereocenters. The summed E-state index contributed by atoms with van der Waals surface area (Å²) in [6, 6.07) is 13.7. The maximum atomic E-state index is 12.4. The number of carbonyl (C=O) groups excluding carboxylic acids is 1. The molecule has 9 nitrogen and oxygen atoms in total. The van der Waals surface area contributed by atoms with Crippen LogP contribution in [0.3, 0.4) is 0 Å². The molecule has 3 rings (SSSR count). The molecule has 1 aliphatic rings. The summed E-state index contributed by atoms with van der Waals surface area (Å²) in [4.78, 5) is 27.4. The summed E-state index contributed by atoms with van der Waals surface area (Å²) in [5.74, 6) is -0.516. The van der Waals surface area contributed by atoms with E-state index in [9.17, 15) is 23.3 Å². The molecule has 1 N–H and O–H groups in total.